The summed E-state index contributed by atoms with van der Waals surface area (Å²) in [6.07, 6.45) is 0. The van der Waals surface area contributed by atoms with Crippen LogP contribution in [-0.4, -0.2) is 27.6 Å². The van der Waals surface area contributed by atoms with E-state index in [1.165, 1.54) is 7.11 Å². The maximum Gasteiger partial charge on any atom is 0.262 e. The zero-order chi connectivity index (χ0) is 14.1. The van der Waals surface area contributed by atoms with Crippen LogP contribution < -0.4 is 10.5 Å². The highest BCUT2D eigenvalue weighted by Crippen LogP contribution is 2.32. The van der Waals surface area contributed by atoms with Crippen molar-refractivity contribution in [2.45, 2.75) is 0 Å². The molecule has 102 valence electrons. The predicted octanol–water partition coefficient (Wildman–Crippen LogP) is 2.03. The van der Waals surface area contributed by atoms with Crippen LogP contribution >= 0.6 is 11.6 Å². The molecule has 0 spiro atoms. The van der Waals surface area contributed by atoms with E-state index in [9.17, 15) is 0 Å². The number of rotatable bonds is 3. The van der Waals surface area contributed by atoms with Crippen LogP contribution in [0.15, 0.2) is 27.4 Å². The van der Waals surface area contributed by atoms with Crippen LogP contribution in [0.25, 0.3) is 23.0 Å². The molecule has 0 bridgehead atoms. The van der Waals surface area contributed by atoms with Gasteiger partial charge in [-0.15, -0.1) is 0 Å². The van der Waals surface area contributed by atoms with Crippen molar-refractivity contribution in [1.82, 2.24) is 20.5 Å². The van der Waals surface area contributed by atoms with E-state index >= 15 is 0 Å². The van der Waals surface area contributed by atoms with Gasteiger partial charge < -0.3 is 15.0 Å². The molecule has 0 aliphatic carbocycles. The highest BCUT2D eigenvalue weighted by molar-refractivity contribution is 6.30. The van der Waals surface area contributed by atoms with Gasteiger partial charge in [-0.1, -0.05) is 16.8 Å². The van der Waals surface area contributed by atoms with Crippen LogP contribution in [0.5, 0.6) is 5.75 Å². The molecule has 0 radical (unpaired) electrons. The molecule has 0 aliphatic rings. The van der Waals surface area contributed by atoms with Crippen molar-refractivity contribution >= 4 is 17.4 Å². The van der Waals surface area contributed by atoms with E-state index in [2.05, 4.69) is 25.1 Å². The SMILES string of the molecule is COc1ccc(Cl)cc1-c1nc(-c2nonc2N)no1. The first kappa shape index (κ1) is 12.4. The average molecular weight is 294 g/mol. The van der Waals surface area contributed by atoms with Crippen LogP contribution in [0.1, 0.15) is 0 Å². The summed E-state index contributed by atoms with van der Waals surface area (Å²) < 4.78 is 14.9. The van der Waals surface area contributed by atoms with Crippen molar-refractivity contribution in [3.05, 3.63) is 23.2 Å². The van der Waals surface area contributed by atoms with Crippen molar-refractivity contribution < 1.29 is 13.9 Å². The van der Waals surface area contributed by atoms with Crippen LogP contribution in [0, 0.1) is 0 Å². The molecule has 0 aliphatic heterocycles. The zero-order valence-corrected chi connectivity index (χ0v) is 11.0. The molecule has 2 aromatic heterocycles. The van der Waals surface area contributed by atoms with E-state index in [0.717, 1.165) is 0 Å². The van der Waals surface area contributed by atoms with E-state index < -0.39 is 0 Å². The number of nitrogen functional groups attached to an aromatic ring is 1. The van der Waals surface area contributed by atoms with Gasteiger partial charge in [-0.3, -0.25) is 0 Å². The summed E-state index contributed by atoms with van der Waals surface area (Å²) >= 11 is 5.95. The van der Waals surface area contributed by atoms with Crippen LogP contribution in [0.3, 0.4) is 0 Å². The number of hydrogen-bond donors (Lipinski definition) is 1. The fourth-order valence-corrected chi connectivity index (χ4v) is 1.80. The Balaban J connectivity index is 2.07. The normalized spacial score (nSPS) is 10.7. The molecule has 3 aromatic rings. The van der Waals surface area contributed by atoms with Crippen molar-refractivity contribution in [3.63, 3.8) is 0 Å². The van der Waals surface area contributed by atoms with Crippen molar-refractivity contribution in [2.24, 2.45) is 0 Å². The summed E-state index contributed by atoms with van der Waals surface area (Å²) in [5, 5.41) is 11.3. The van der Waals surface area contributed by atoms with Gasteiger partial charge in [0, 0.05) is 5.02 Å². The summed E-state index contributed by atoms with van der Waals surface area (Å²) in [4.78, 5) is 4.17. The molecule has 0 saturated heterocycles. The quantitative estimate of drug-likeness (QED) is 0.780. The second-order valence-corrected chi connectivity index (χ2v) is 4.20. The smallest absolute Gasteiger partial charge is 0.262 e. The number of benzene rings is 1. The van der Waals surface area contributed by atoms with Gasteiger partial charge >= 0.3 is 0 Å². The Bertz CT molecular complexity index is 754. The largest absolute Gasteiger partial charge is 0.496 e. The molecule has 2 heterocycles. The lowest BCUT2D eigenvalue weighted by Gasteiger charge is -2.04. The van der Waals surface area contributed by atoms with E-state index in [1.807, 2.05) is 0 Å². The predicted molar refractivity (Wildman–Crippen MR) is 69.0 cm³/mol. The van der Waals surface area contributed by atoms with Gasteiger partial charge in [0.25, 0.3) is 5.89 Å². The minimum Gasteiger partial charge on any atom is -0.496 e. The minimum atomic E-state index is 0.0791. The fourth-order valence-electron chi connectivity index (χ4n) is 1.63. The average Bonchev–Trinajstić information content (AvgIpc) is 3.07. The Kier molecular flexibility index (Phi) is 2.99. The lowest BCUT2D eigenvalue weighted by atomic mass is 10.2. The molecule has 20 heavy (non-hydrogen) atoms. The molecule has 9 heteroatoms. The number of ether oxygens (including phenoxy) is 1. The zero-order valence-electron chi connectivity index (χ0n) is 10.2. The number of aromatic nitrogens is 4. The highest BCUT2D eigenvalue weighted by atomic mass is 35.5. The molecular formula is C11H8ClN5O3. The van der Waals surface area contributed by atoms with Crippen LogP contribution in [0.2, 0.25) is 5.02 Å². The Morgan fingerprint density at radius 2 is 2.10 bits per heavy atom. The third-order valence-corrected chi connectivity index (χ3v) is 2.78. The molecule has 2 N–H and O–H groups in total. The second-order valence-electron chi connectivity index (χ2n) is 3.77. The third kappa shape index (κ3) is 2.05. The third-order valence-electron chi connectivity index (χ3n) is 2.54. The van der Waals surface area contributed by atoms with Crippen molar-refractivity contribution in [2.75, 3.05) is 12.8 Å². The van der Waals surface area contributed by atoms with E-state index in [1.54, 1.807) is 18.2 Å². The summed E-state index contributed by atoms with van der Waals surface area (Å²) in [7, 11) is 1.53. The lowest BCUT2D eigenvalue weighted by Crippen LogP contribution is -1.90. The molecule has 0 saturated carbocycles. The Labute approximate surface area is 117 Å². The molecule has 3 rings (SSSR count). The Morgan fingerprint density at radius 1 is 1.25 bits per heavy atom. The molecule has 0 atom stereocenters. The van der Waals surface area contributed by atoms with E-state index in [0.29, 0.717) is 16.3 Å². The van der Waals surface area contributed by atoms with E-state index in [-0.39, 0.29) is 23.2 Å². The maximum atomic E-state index is 5.95. The summed E-state index contributed by atoms with van der Waals surface area (Å²) in [5.74, 6) is 1.02. The van der Waals surface area contributed by atoms with Crippen LogP contribution in [0.4, 0.5) is 5.82 Å². The standard InChI is InChI=1S/C11H8ClN5O3/c1-18-7-3-2-5(12)4-6(7)11-14-10(17-19-11)8-9(13)16-20-15-8/h2-4H,1H3,(H2,13,16). The number of anilines is 1. The fraction of sp³-hybridized carbons (Fsp3) is 0.0909. The van der Waals surface area contributed by atoms with Gasteiger partial charge in [-0.05, 0) is 28.5 Å². The Morgan fingerprint density at radius 3 is 2.80 bits per heavy atom. The second kappa shape index (κ2) is 4.82. The number of methoxy groups -OCH3 is 1. The first-order valence-electron chi connectivity index (χ1n) is 5.45. The van der Waals surface area contributed by atoms with Gasteiger partial charge in [0.1, 0.15) is 5.75 Å². The van der Waals surface area contributed by atoms with Gasteiger partial charge in [0.2, 0.25) is 5.82 Å². The highest BCUT2D eigenvalue weighted by Gasteiger charge is 2.19. The van der Waals surface area contributed by atoms with E-state index in [4.69, 9.17) is 26.6 Å². The molecular weight excluding hydrogens is 286 g/mol. The summed E-state index contributed by atoms with van der Waals surface area (Å²) in [5.41, 5.74) is 6.34. The van der Waals surface area contributed by atoms with Crippen molar-refractivity contribution in [3.8, 4) is 28.7 Å². The summed E-state index contributed by atoms with van der Waals surface area (Å²) in [6, 6.07) is 5.05. The van der Waals surface area contributed by atoms with Gasteiger partial charge in [-0.25, -0.2) is 4.63 Å². The minimum absolute atomic E-state index is 0.0791. The summed E-state index contributed by atoms with van der Waals surface area (Å²) in [6.45, 7) is 0. The van der Waals surface area contributed by atoms with Gasteiger partial charge in [0.05, 0.1) is 12.7 Å². The topological polar surface area (TPSA) is 113 Å². The molecule has 0 unspecified atom stereocenters. The van der Waals surface area contributed by atoms with Gasteiger partial charge in [-0.2, -0.15) is 4.98 Å². The monoisotopic (exact) mass is 293 g/mol. The number of nitrogens with two attached hydrogens (primary N) is 1. The van der Waals surface area contributed by atoms with Gasteiger partial charge in [0.15, 0.2) is 11.5 Å². The maximum absolute atomic E-state index is 5.95. The number of halogens is 1. The first-order chi connectivity index (χ1) is 9.69. The Hall–Kier alpha value is -2.61. The van der Waals surface area contributed by atoms with Crippen molar-refractivity contribution in [1.29, 1.82) is 0 Å². The lowest BCUT2D eigenvalue weighted by molar-refractivity contribution is 0.310. The molecule has 1 aromatic carbocycles. The molecule has 0 amide bonds. The number of hydrogen-bond acceptors (Lipinski definition) is 8. The molecule has 8 nitrogen and oxygen atoms in total. The number of nitrogens with zero attached hydrogens (tertiary/aromatic N) is 4. The molecule has 0 fully saturated rings. The first-order valence-corrected chi connectivity index (χ1v) is 5.83. The van der Waals surface area contributed by atoms with Crippen LogP contribution in [-0.2, 0) is 0 Å².